The summed E-state index contributed by atoms with van der Waals surface area (Å²) in [6.45, 7) is 0. The minimum atomic E-state index is -0.447. The van der Waals surface area contributed by atoms with Gasteiger partial charge in [-0.25, -0.2) is 8.78 Å². The first-order valence-corrected chi connectivity index (χ1v) is 7.08. The predicted molar refractivity (Wildman–Crippen MR) is 79.0 cm³/mol. The Balaban J connectivity index is 1.98. The third-order valence-electron chi connectivity index (χ3n) is 3.10. The van der Waals surface area contributed by atoms with Crippen LogP contribution in [0.1, 0.15) is 15.2 Å². The molecule has 0 aliphatic rings. The smallest absolute Gasteiger partial charge is 0.208 e. The first-order chi connectivity index (χ1) is 10.6. The van der Waals surface area contributed by atoms with E-state index in [0.29, 0.717) is 5.56 Å². The summed E-state index contributed by atoms with van der Waals surface area (Å²) >= 11 is 0.845. The van der Waals surface area contributed by atoms with Crippen molar-refractivity contribution < 1.29 is 18.7 Å². The Hall–Kier alpha value is -2.60. The molecule has 110 valence electrons. The standard InChI is InChI=1S/C16H9F2NO2S/c17-11-5-1-9(2-6-11)13-15(21)16(22-19-13)14(20)10-3-7-12(18)8-4-10/h1-8,21H. The summed E-state index contributed by atoms with van der Waals surface area (Å²) in [6, 6.07) is 10.5. The molecule has 3 rings (SSSR count). The lowest BCUT2D eigenvalue weighted by atomic mass is 10.1. The van der Waals surface area contributed by atoms with Gasteiger partial charge in [-0.15, -0.1) is 0 Å². The van der Waals surface area contributed by atoms with Crippen molar-refractivity contribution in [1.29, 1.82) is 0 Å². The van der Waals surface area contributed by atoms with Crippen LogP contribution in [0.25, 0.3) is 11.3 Å². The van der Waals surface area contributed by atoms with E-state index >= 15 is 0 Å². The van der Waals surface area contributed by atoms with E-state index in [2.05, 4.69) is 4.37 Å². The molecule has 0 atom stereocenters. The molecule has 0 amide bonds. The van der Waals surface area contributed by atoms with E-state index in [1.54, 1.807) is 0 Å². The van der Waals surface area contributed by atoms with Crippen molar-refractivity contribution in [3.63, 3.8) is 0 Å². The Kier molecular flexibility index (Phi) is 3.68. The van der Waals surface area contributed by atoms with Crippen molar-refractivity contribution in [2.45, 2.75) is 0 Å². The average Bonchev–Trinajstić information content (AvgIpc) is 2.90. The first-order valence-electron chi connectivity index (χ1n) is 6.31. The molecule has 3 aromatic rings. The molecule has 0 bridgehead atoms. The molecule has 0 radical (unpaired) electrons. The zero-order valence-electron chi connectivity index (χ0n) is 11.1. The van der Waals surface area contributed by atoms with Gasteiger partial charge in [-0.1, -0.05) is 0 Å². The lowest BCUT2D eigenvalue weighted by Gasteiger charge is -2.00. The molecule has 3 nitrogen and oxygen atoms in total. The Bertz CT molecular complexity index is 826. The fourth-order valence-electron chi connectivity index (χ4n) is 1.96. The number of rotatable bonds is 3. The second kappa shape index (κ2) is 5.65. The van der Waals surface area contributed by atoms with Gasteiger partial charge in [0.2, 0.25) is 5.78 Å². The summed E-state index contributed by atoms with van der Waals surface area (Å²) in [4.78, 5) is 12.4. The quantitative estimate of drug-likeness (QED) is 0.742. The fraction of sp³-hybridized carbons (Fsp3) is 0. The minimum Gasteiger partial charge on any atom is -0.504 e. The number of ketones is 1. The molecule has 0 saturated heterocycles. The van der Waals surface area contributed by atoms with Crippen LogP contribution in [0.2, 0.25) is 0 Å². The van der Waals surface area contributed by atoms with Gasteiger partial charge in [-0.3, -0.25) is 4.79 Å². The summed E-state index contributed by atoms with van der Waals surface area (Å²) in [5, 5.41) is 10.2. The largest absolute Gasteiger partial charge is 0.504 e. The van der Waals surface area contributed by atoms with Crippen molar-refractivity contribution in [2.75, 3.05) is 0 Å². The fourth-order valence-corrected chi connectivity index (χ4v) is 2.72. The highest BCUT2D eigenvalue weighted by Gasteiger charge is 2.21. The SMILES string of the molecule is O=C(c1ccc(F)cc1)c1snc(-c2ccc(F)cc2)c1O. The van der Waals surface area contributed by atoms with Gasteiger partial charge in [0.15, 0.2) is 5.75 Å². The van der Waals surface area contributed by atoms with Gasteiger partial charge in [0.05, 0.1) is 0 Å². The van der Waals surface area contributed by atoms with Gasteiger partial charge in [-0.2, -0.15) is 4.37 Å². The van der Waals surface area contributed by atoms with Crippen LogP contribution in [-0.2, 0) is 0 Å². The molecule has 0 unspecified atom stereocenters. The predicted octanol–water partition coefficient (Wildman–Crippen LogP) is 4.02. The van der Waals surface area contributed by atoms with Crippen molar-refractivity contribution in [3.05, 3.63) is 70.6 Å². The molecule has 0 aliphatic heterocycles. The molecule has 1 aromatic heterocycles. The van der Waals surface area contributed by atoms with Crippen LogP contribution in [0.4, 0.5) is 8.78 Å². The molecular weight excluding hydrogens is 308 g/mol. The number of carbonyl (C=O) groups is 1. The van der Waals surface area contributed by atoms with Gasteiger partial charge in [0, 0.05) is 11.1 Å². The molecular formula is C16H9F2NO2S. The van der Waals surface area contributed by atoms with Gasteiger partial charge in [0.1, 0.15) is 22.2 Å². The minimum absolute atomic E-state index is 0.0610. The average molecular weight is 317 g/mol. The molecule has 1 heterocycles. The maximum atomic E-state index is 12.9. The van der Waals surface area contributed by atoms with Crippen LogP contribution in [-0.4, -0.2) is 15.3 Å². The summed E-state index contributed by atoms with van der Waals surface area (Å²) in [5.74, 6) is -1.55. The zero-order chi connectivity index (χ0) is 15.7. The van der Waals surface area contributed by atoms with Crippen LogP contribution in [0.15, 0.2) is 48.5 Å². The topological polar surface area (TPSA) is 50.2 Å². The van der Waals surface area contributed by atoms with Crippen LogP contribution in [0.5, 0.6) is 5.75 Å². The summed E-state index contributed by atoms with van der Waals surface area (Å²) in [5.41, 5.74) is 0.981. The van der Waals surface area contributed by atoms with Crippen LogP contribution < -0.4 is 0 Å². The molecule has 0 aliphatic carbocycles. The number of carbonyl (C=O) groups excluding carboxylic acids is 1. The molecule has 0 fully saturated rings. The molecule has 2 aromatic carbocycles. The lowest BCUT2D eigenvalue weighted by molar-refractivity contribution is 0.104. The van der Waals surface area contributed by atoms with Gasteiger partial charge in [-0.05, 0) is 60.1 Å². The molecule has 1 N–H and O–H groups in total. The molecule has 0 spiro atoms. The maximum absolute atomic E-state index is 12.9. The van der Waals surface area contributed by atoms with Crippen molar-refractivity contribution in [1.82, 2.24) is 4.37 Å². The van der Waals surface area contributed by atoms with E-state index in [9.17, 15) is 18.7 Å². The van der Waals surface area contributed by atoms with Gasteiger partial charge >= 0.3 is 0 Å². The van der Waals surface area contributed by atoms with E-state index in [1.165, 1.54) is 48.5 Å². The zero-order valence-corrected chi connectivity index (χ0v) is 11.9. The monoisotopic (exact) mass is 317 g/mol. The summed E-state index contributed by atoms with van der Waals surface area (Å²) < 4.78 is 29.9. The number of halogens is 2. The molecule has 6 heteroatoms. The third-order valence-corrected chi connectivity index (χ3v) is 3.93. The van der Waals surface area contributed by atoms with E-state index in [0.717, 1.165) is 11.5 Å². The van der Waals surface area contributed by atoms with E-state index in [4.69, 9.17) is 0 Å². The molecule has 22 heavy (non-hydrogen) atoms. The highest BCUT2D eigenvalue weighted by Crippen LogP contribution is 2.35. The highest BCUT2D eigenvalue weighted by atomic mass is 32.1. The number of hydrogen-bond donors (Lipinski definition) is 1. The normalized spacial score (nSPS) is 10.6. The number of benzene rings is 2. The van der Waals surface area contributed by atoms with Gasteiger partial charge in [0.25, 0.3) is 0 Å². The Labute approximate surface area is 128 Å². The van der Waals surface area contributed by atoms with E-state index in [1.807, 2.05) is 0 Å². The Morgan fingerprint density at radius 3 is 2.09 bits per heavy atom. The number of nitrogens with zero attached hydrogens (tertiary/aromatic N) is 1. The van der Waals surface area contributed by atoms with Crippen LogP contribution >= 0.6 is 11.5 Å². The third kappa shape index (κ3) is 2.60. The Morgan fingerprint density at radius 1 is 0.955 bits per heavy atom. The van der Waals surface area contributed by atoms with Crippen molar-refractivity contribution in [3.8, 4) is 17.0 Å². The number of hydrogen-bond acceptors (Lipinski definition) is 4. The van der Waals surface area contributed by atoms with E-state index < -0.39 is 17.4 Å². The van der Waals surface area contributed by atoms with Crippen molar-refractivity contribution in [2.24, 2.45) is 0 Å². The van der Waals surface area contributed by atoms with Gasteiger partial charge < -0.3 is 5.11 Å². The summed E-state index contributed by atoms with van der Waals surface area (Å²) in [7, 11) is 0. The summed E-state index contributed by atoms with van der Waals surface area (Å²) in [6.07, 6.45) is 0. The molecule has 0 saturated carbocycles. The number of aromatic hydroxyl groups is 1. The highest BCUT2D eigenvalue weighted by molar-refractivity contribution is 7.09. The lowest BCUT2D eigenvalue weighted by Crippen LogP contribution is -1.98. The first kappa shape index (κ1) is 14.3. The van der Waals surface area contributed by atoms with Crippen LogP contribution in [0.3, 0.4) is 0 Å². The number of aromatic nitrogens is 1. The van der Waals surface area contributed by atoms with Crippen LogP contribution in [0, 0.1) is 11.6 Å². The maximum Gasteiger partial charge on any atom is 0.208 e. The van der Waals surface area contributed by atoms with Crippen molar-refractivity contribution >= 4 is 17.3 Å². The second-order valence-corrected chi connectivity index (χ2v) is 5.33. The Morgan fingerprint density at radius 2 is 1.50 bits per heavy atom. The van der Waals surface area contributed by atoms with E-state index in [-0.39, 0.29) is 21.9 Å². The second-order valence-electron chi connectivity index (χ2n) is 4.55.